The second kappa shape index (κ2) is 9.99. The molecule has 3 rings (SSSR count). The molecular formula is C24H25N3O6. The fraction of sp³-hybridized carbons (Fsp3) is 0.250. The first-order valence-corrected chi connectivity index (χ1v) is 10.3. The highest BCUT2D eigenvalue weighted by Gasteiger charge is 2.18. The van der Waals surface area contributed by atoms with Crippen LogP contribution in [0.4, 0.5) is 5.69 Å². The molecule has 0 saturated carbocycles. The number of aromatic amines is 2. The van der Waals surface area contributed by atoms with Crippen LogP contribution in [0.1, 0.15) is 37.6 Å². The highest BCUT2D eigenvalue weighted by Crippen LogP contribution is 2.24. The van der Waals surface area contributed by atoms with Gasteiger partial charge in [-0.25, -0.2) is 4.79 Å². The molecule has 33 heavy (non-hydrogen) atoms. The van der Waals surface area contributed by atoms with E-state index in [-0.39, 0.29) is 11.1 Å². The number of hydrogen-bond acceptors (Lipinski definition) is 6. The number of hydrogen-bond donors (Lipinski definition) is 2. The van der Waals surface area contributed by atoms with Gasteiger partial charge in [-0.3, -0.25) is 19.9 Å². The Morgan fingerprint density at radius 1 is 0.879 bits per heavy atom. The Kier molecular flexibility index (Phi) is 7.12. The zero-order chi connectivity index (χ0) is 24.0. The summed E-state index contributed by atoms with van der Waals surface area (Å²) >= 11 is 0. The van der Waals surface area contributed by atoms with Crippen LogP contribution in [0.25, 0.3) is 12.2 Å². The summed E-state index contributed by atoms with van der Waals surface area (Å²) in [5.74, 6) is 1.41. The minimum absolute atomic E-state index is 0.0909. The van der Waals surface area contributed by atoms with Crippen molar-refractivity contribution in [3.63, 3.8) is 0 Å². The van der Waals surface area contributed by atoms with Crippen LogP contribution >= 0.6 is 0 Å². The van der Waals surface area contributed by atoms with E-state index in [4.69, 9.17) is 9.47 Å². The lowest BCUT2D eigenvalue weighted by atomic mass is 9.87. The van der Waals surface area contributed by atoms with Crippen LogP contribution in [0.5, 0.6) is 11.5 Å². The number of H-pyrrole nitrogens is 2. The molecular weight excluding hydrogens is 426 g/mol. The van der Waals surface area contributed by atoms with Crippen LogP contribution in [0.2, 0.25) is 0 Å². The van der Waals surface area contributed by atoms with Crippen LogP contribution in [0, 0.1) is 10.1 Å². The van der Waals surface area contributed by atoms with E-state index in [1.54, 1.807) is 30.3 Å². The van der Waals surface area contributed by atoms with Crippen LogP contribution < -0.4 is 20.7 Å². The molecule has 172 valence electrons. The number of nitro groups is 1. The van der Waals surface area contributed by atoms with Gasteiger partial charge in [-0.05, 0) is 46.9 Å². The van der Waals surface area contributed by atoms with Crippen LogP contribution in [-0.4, -0.2) is 28.1 Å². The average molecular weight is 451 g/mol. The van der Waals surface area contributed by atoms with E-state index in [0.29, 0.717) is 24.5 Å². The van der Waals surface area contributed by atoms with Gasteiger partial charge in [-0.1, -0.05) is 51.1 Å². The lowest BCUT2D eigenvalue weighted by Gasteiger charge is -2.19. The molecule has 0 saturated heterocycles. The summed E-state index contributed by atoms with van der Waals surface area (Å²) in [4.78, 5) is 37.4. The predicted molar refractivity (Wildman–Crippen MR) is 126 cm³/mol. The van der Waals surface area contributed by atoms with Crippen molar-refractivity contribution in [2.24, 2.45) is 0 Å². The lowest BCUT2D eigenvalue weighted by molar-refractivity contribution is -0.386. The molecule has 9 heteroatoms. The second-order valence-corrected chi connectivity index (χ2v) is 8.30. The van der Waals surface area contributed by atoms with E-state index in [9.17, 15) is 19.7 Å². The van der Waals surface area contributed by atoms with Gasteiger partial charge >= 0.3 is 16.9 Å². The Morgan fingerprint density at radius 3 is 1.94 bits per heavy atom. The van der Waals surface area contributed by atoms with E-state index in [0.717, 1.165) is 5.75 Å². The molecule has 0 atom stereocenters. The third-order valence-electron chi connectivity index (χ3n) is 4.79. The molecule has 1 heterocycles. The van der Waals surface area contributed by atoms with Gasteiger partial charge in [0.1, 0.15) is 30.4 Å². The topological polar surface area (TPSA) is 127 Å². The maximum atomic E-state index is 11.7. The Labute approximate surface area is 189 Å². The highest BCUT2D eigenvalue weighted by molar-refractivity contribution is 5.71. The largest absolute Gasteiger partial charge is 0.490 e. The van der Waals surface area contributed by atoms with Gasteiger partial charge in [-0.15, -0.1) is 0 Å². The van der Waals surface area contributed by atoms with Gasteiger partial charge in [-0.2, -0.15) is 0 Å². The summed E-state index contributed by atoms with van der Waals surface area (Å²) in [5, 5.41) is 11.1. The summed E-state index contributed by atoms with van der Waals surface area (Å²) in [5.41, 5.74) is -0.747. The normalized spacial score (nSPS) is 11.5. The van der Waals surface area contributed by atoms with Crippen molar-refractivity contribution in [3.8, 4) is 11.5 Å². The molecule has 0 spiro atoms. The molecule has 3 aromatic rings. The summed E-state index contributed by atoms with van der Waals surface area (Å²) in [7, 11) is 0. The van der Waals surface area contributed by atoms with Crippen LogP contribution in [-0.2, 0) is 5.41 Å². The molecule has 0 aliphatic heterocycles. The number of ether oxygens (including phenoxy) is 2. The second-order valence-electron chi connectivity index (χ2n) is 8.30. The molecule has 0 radical (unpaired) electrons. The molecule has 2 aromatic carbocycles. The Balaban J connectivity index is 1.54. The Hall–Kier alpha value is -4.14. The van der Waals surface area contributed by atoms with E-state index in [1.165, 1.54) is 11.6 Å². The number of rotatable bonds is 8. The van der Waals surface area contributed by atoms with Gasteiger partial charge < -0.3 is 14.5 Å². The van der Waals surface area contributed by atoms with Crippen molar-refractivity contribution in [2.75, 3.05) is 13.2 Å². The monoisotopic (exact) mass is 451 g/mol. The fourth-order valence-electron chi connectivity index (χ4n) is 3.02. The van der Waals surface area contributed by atoms with Crippen molar-refractivity contribution < 1.29 is 14.4 Å². The number of nitrogens with zero attached hydrogens (tertiary/aromatic N) is 1. The summed E-state index contributed by atoms with van der Waals surface area (Å²) in [6.07, 6.45) is 2.86. The summed E-state index contributed by atoms with van der Waals surface area (Å²) in [6.45, 7) is 7.22. The molecule has 0 unspecified atom stereocenters. The Bertz CT molecular complexity index is 1250. The number of benzene rings is 2. The summed E-state index contributed by atoms with van der Waals surface area (Å²) in [6, 6.07) is 15.0. The zero-order valence-corrected chi connectivity index (χ0v) is 18.6. The van der Waals surface area contributed by atoms with Gasteiger partial charge in [0.05, 0.1) is 4.92 Å². The van der Waals surface area contributed by atoms with Crippen LogP contribution in [0.3, 0.4) is 0 Å². The van der Waals surface area contributed by atoms with Crippen molar-refractivity contribution in [2.45, 2.75) is 26.2 Å². The first-order chi connectivity index (χ1) is 15.6. The van der Waals surface area contributed by atoms with Crippen molar-refractivity contribution in [1.82, 2.24) is 9.97 Å². The molecule has 0 aliphatic carbocycles. The standard InChI is InChI=1S/C24H25N3O6/c1-24(2,3)17-7-11-19(12-8-17)33-15-14-32-18-9-4-16(5-10-18)6-13-20-21(27(30)31)22(28)26-23(29)25-20/h4-13H,14-15H2,1-3H3,(H2,25,26,28,29). The quantitative estimate of drug-likeness (QED) is 0.304. The SMILES string of the molecule is CC(C)(C)c1ccc(OCCOc2ccc(C=Cc3[nH]c(=O)[nH]c(=O)c3[N+](=O)[O-])cc2)cc1. The third kappa shape index (κ3) is 6.42. The van der Waals surface area contributed by atoms with Gasteiger partial charge in [0.25, 0.3) is 0 Å². The van der Waals surface area contributed by atoms with Gasteiger partial charge in [0.2, 0.25) is 0 Å². The van der Waals surface area contributed by atoms with Crippen molar-refractivity contribution in [3.05, 3.63) is 96.3 Å². The van der Waals surface area contributed by atoms with Crippen LogP contribution in [0.15, 0.2) is 58.1 Å². The molecule has 0 aliphatic rings. The average Bonchev–Trinajstić information content (AvgIpc) is 2.75. The van der Waals surface area contributed by atoms with E-state index in [2.05, 4.69) is 37.9 Å². The first kappa shape index (κ1) is 23.5. The minimum Gasteiger partial charge on any atom is -0.490 e. The molecule has 9 nitrogen and oxygen atoms in total. The van der Waals surface area contributed by atoms with E-state index in [1.807, 2.05) is 17.1 Å². The lowest BCUT2D eigenvalue weighted by Crippen LogP contribution is -2.25. The smallest absolute Gasteiger partial charge is 0.357 e. The molecule has 1 aromatic heterocycles. The van der Waals surface area contributed by atoms with Gasteiger partial charge in [0.15, 0.2) is 0 Å². The maximum absolute atomic E-state index is 11.7. The minimum atomic E-state index is -1.06. The number of aromatic nitrogens is 2. The van der Waals surface area contributed by atoms with Gasteiger partial charge in [0, 0.05) is 0 Å². The molecule has 0 fully saturated rings. The maximum Gasteiger partial charge on any atom is 0.357 e. The summed E-state index contributed by atoms with van der Waals surface area (Å²) < 4.78 is 11.4. The molecule has 2 N–H and O–H groups in total. The third-order valence-corrected chi connectivity index (χ3v) is 4.79. The highest BCUT2D eigenvalue weighted by atomic mass is 16.6. The predicted octanol–water partition coefficient (Wildman–Crippen LogP) is 3.90. The first-order valence-electron chi connectivity index (χ1n) is 10.3. The van der Waals surface area contributed by atoms with E-state index >= 15 is 0 Å². The van der Waals surface area contributed by atoms with Crippen molar-refractivity contribution >= 4 is 17.8 Å². The molecule has 0 bridgehead atoms. The number of nitrogens with one attached hydrogen (secondary N) is 2. The van der Waals surface area contributed by atoms with E-state index < -0.39 is 21.9 Å². The zero-order valence-electron chi connectivity index (χ0n) is 18.6. The fourth-order valence-corrected chi connectivity index (χ4v) is 3.02. The molecule has 0 amide bonds. The van der Waals surface area contributed by atoms with Crippen molar-refractivity contribution in [1.29, 1.82) is 0 Å². The Morgan fingerprint density at radius 2 is 1.42 bits per heavy atom.